The first-order valence-corrected chi connectivity index (χ1v) is 6.85. The minimum atomic E-state index is 0.0182. The quantitative estimate of drug-likeness (QED) is 0.419. The van der Waals surface area contributed by atoms with Gasteiger partial charge < -0.3 is 5.21 Å². The van der Waals surface area contributed by atoms with Gasteiger partial charge in [-0.05, 0) is 18.6 Å². The Morgan fingerprint density at radius 1 is 1.05 bits per heavy atom. The van der Waals surface area contributed by atoms with Gasteiger partial charge >= 0.3 is 0 Å². The van der Waals surface area contributed by atoms with E-state index in [9.17, 15) is 10.0 Å². The van der Waals surface area contributed by atoms with E-state index in [1.165, 1.54) is 6.20 Å². The molecule has 0 unspecified atom stereocenters. The van der Waals surface area contributed by atoms with Crippen LogP contribution in [0.3, 0.4) is 0 Å². The van der Waals surface area contributed by atoms with Crippen molar-refractivity contribution in [2.24, 2.45) is 0 Å². The van der Waals surface area contributed by atoms with Crippen LogP contribution >= 0.6 is 0 Å². The molecular weight excluding hydrogens is 262 g/mol. The van der Waals surface area contributed by atoms with E-state index in [1.807, 2.05) is 43.3 Å². The van der Waals surface area contributed by atoms with Gasteiger partial charge in [0.25, 0.3) is 0 Å². The molecule has 2 aromatic carbocycles. The normalized spacial score (nSPS) is 10.7. The standard InChI is InChI=1S/C18H15NO2/c1-13-10-11-19(21)18-15(8-5-9-16(13)18)12-17(20)14-6-3-2-4-7-14/h2-11H,12H2,1H3. The molecule has 0 radical (unpaired) electrons. The Balaban J connectivity index is 2.06. The summed E-state index contributed by atoms with van der Waals surface area (Å²) >= 11 is 0. The summed E-state index contributed by atoms with van der Waals surface area (Å²) in [7, 11) is 0. The van der Waals surface area contributed by atoms with Crippen molar-refractivity contribution < 1.29 is 9.52 Å². The molecule has 1 heterocycles. The van der Waals surface area contributed by atoms with Crippen LogP contribution in [0.25, 0.3) is 10.9 Å². The van der Waals surface area contributed by atoms with Crippen LogP contribution in [0.5, 0.6) is 0 Å². The highest BCUT2D eigenvalue weighted by molar-refractivity contribution is 5.99. The molecule has 3 nitrogen and oxygen atoms in total. The van der Waals surface area contributed by atoms with Gasteiger partial charge in [-0.3, -0.25) is 4.79 Å². The van der Waals surface area contributed by atoms with E-state index in [-0.39, 0.29) is 12.2 Å². The molecule has 0 fully saturated rings. The number of Topliss-reactive ketones (excluding diaryl/α,β-unsaturated/α-hetero) is 1. The molecule has 0 aliphatic heterocycles. The minimum Gasteiger partial charge on any atom is -0.618 e. The van der Waals surface area contributed by atoms with E-state index in [4.69, 9.17) is 0 Å². The summed E-state index contributed by atoms with van der Waals surface area (Å²) in [5, 5.41) is 13.0. The van der Waals surface area contributed by atoms with Gasteiger partial charge in [-0.1, -0.05) is 42.5 Å². The number of aromatic nitrogens is 1. The van der Waals surface area contributed by atoms with Crippen molar-refractivity contribution in [3.8, 4) is 0 Å². The average Bonchev–Trinajstić information content (AvgIpc) is 2.52. The molecule has 3 heteroatoms. The molecule has 0 spiro atoms. The number of carbonyl (C=O) groups excluding carboxylic acids is 1. The number of hydrogen-bond acceptors (Lipinski definition) is 2. The molecule has 0 atom stereocenters. The van der Waals surface area contributed by atoms with Crippen LogP contribution in [0.4, 0.5) is 0 Å². The Kier molecular flexibility index (Phi) is 3.40. The largest absolute Gasteiger partial charge is 0.618 e. The fraction of sp³-hybridized carbons (Fsp3) is 0.111. The van der Waals surface area contributed by atoms with Gasteiger partial charge in [0.2, 0.25) is 5.52 Å². The van der Waals surface area contributed by atoms with Gasteiger partial charge in [0.1, 0.15) is 0 Å². The summed E-state index contributed by atoms with van der Waals surface area (Å²) in [6, 6.07) is 16.6. The van der Waals surface area contributed by atoms with Crippen molar-refractivity contribution in [3.63, 3.8) is 0 Å². The van der Waals surface area contributed by atoms with E-state index in [2.05, 4.69) is 0 Å². The second kappa shape index (κ2) is 5.37. The Morgan fingerprint density at radius 2 is 1.81 bits per heavy atom. The summed E-state index contributed by atoms with van der Waals surface area (Å²) in [5.74, 6) is 0.0182. The lowest BCUT2D eigenvalue weighted by molar-refractivity contribution is -0.577. The average molecular weight is 277 g/mol. The molecule has 0 aliphatic rings. The van der Waals surface area contributed by atoms with Crippen molar-refractivity contribution in [2.75, 3.05) is 0 Å². The van der Waals surface area contributed by atoms with Crippen LogP contribution in [0.2, 0.25) is 0 Å². The van der Waals surface area contributed by atoms with Crippen LogP contribution in [-0.2, 0) is 6.42 Å². The molecule has 21 heavy (non-hydrogen) atoms. The van der Waals surface area contributed by atoms with E-state index < -0.39 is 0 Å². The summed E-state index contributed by atoms with van der Waals surface area (Å²) in [5.41, 5.74) is 3.05. The van der Waals surface area contributed by atoms with E-state index in [0.717, 1.165) is 21.2 Å². The summed E-state index contributed by atoms with van der Waals surface area (Å²) < 4.78 is 0.843. The van der Waals surface area contributed by atoms with Gasteiger partial charge in [0, 0.05) is 23.6 Å². The topological polar surface area (TPSA) is 44.0 Å². The molecule has 0 amide bonds. The highest BCUT2D eigenvalue weighted by Gasteiger charge is 2.15. The Labute approximate surface area is 123 Å². The SMILES string of the molecule is Cc1cc[n+]([O-])c2c(CC(=O)c3ccccc3)cccc12. The summed E-state index contributed by atoms with van der Waals surface area (Å²) in [6.07, 6.45) is 1.72. The zero-order valence-corrected chi connectivity index (χ0v) is 11.7. The Morgan fingerprint density at radius 3 is 2.57 bits per heavy atom. The highest BCUT2D eigenvalue weighted by Crippen LogP contribution is 2.20. The van der Waals surface area contributed by atoms with Crippen molar-refractivity contribution in [2.45, 2.75) is 13.3 Å². The van der Waals surface area contributed by atoms with E-state index in [0.29, 0.717) is 11.1 Å². The number of para-hydroxylation sites is 1. The van der Waals surface area contributed by atoms with Gasteiger partial charge in [-0.25, -0.2) is 0 Å². The van der Waals surface area contributed by atoms with Crippen LogP contribution in [0.1, 0.15) is 21.5 Å². The first-order valence-electron chi connectivity index (χ1n) is 6.85. The number of benzene rings is 2. The van der Waals surface area contributed by atoms with Gasteiger partial charge in [0.15, 0.2) is 12.0 Å². The molecule has 0 saturated carbocycles. The number of aryl methyl sites for hydroxylation is 1. The molecule has 0 aliphatic carbocycles. The maximum Gasteiger partial charge on any atom is 0.227 e. The van der Waals surface area contributed by atoms with Crippen molar-refractivity contribution >= 4 is 16.7 Å². The third kappa shape index (κ3) is 2.50. The Bertz CT molecular complexity index is 810. The number of nitrogens with zero attached hydrogens (tertiary/aromatic N) is 1. The third-order valence-electron chi connectivity index (χ3n) is 3.67. The van der Waals surface area contributed by atoms with Crippen LogP contribution in [0, 0.1) is 12.1 Å². The maximum atomic E-state index is 12.3. The zero-order valence-electron chi connectivity index (χ0n) is 11.7. The minimum absolute atomic E-state index is 0.0182. The van der Waals surface area contributed by atoms with E-state index >= 15 is 0 Å². The lowest BCUT2D eigenvalue weighted by Gasteiger charge is -2.08. The predicted molar refractivity (Wildman–Crippen MR) is 82.1 cm³/mol. The third-order valence-corrected chi connectivity index (χ3v) is 3.67. The molecule has 104 valence electrons. The number of carbonyl (C=O) groups is 1. The van der Waals surface area contributed by atoms with Crippen molar-refractivity contribution in [1.82, 2.24) is 0 Å². The summed E-state index contributed by atoms with van der Waals surface area (Å²) in [4.78, 5) is 12.3. The highest BCUT2D eigenvalue weighted by atomic mass is 16.5. The molecule has 3 aromatic rings. The number of hydrogen-bond donors (Lipinski definition) is 0. The monoisotopic (exact) mass is 277 g/mol. The number of pyridine rings is 1. The Hall–Kier alpha value is -2.68. The first kappa shape index (κ1) is 13.3. The maximum absolute atomic E-state index is 12.3. The second-order valence-electron chi connectivity index (χ2n) is 5.10. The fourth-order valence-electron chi connectivity index (χ4n) is 2.56. The lowest BCUT2D eigenvalue weighted by atomic mass is 9.99. The van der Waals surface area contributed by atoms with Crippen molar-refractivity contribution in [3.05, 3.63) is 82.7 Å². The number of rotatable bonds is 3. The smallest absolute Gasteiger partial charge is 0.227 e. The van der Waals surface area contributed by atoms with Crippen molar-refractivity contribution in [1.29, 1.82) is 0 Å². The zero-order chi connectivity index (χ0) is 14.8. The van der Waals surface area contributed by atoms with E-state index in [1.54, 1.807) is 18.2 Å². The molecule has 0 N–H and O–H groups in total. The molecule has 3 rings (SSSR count). The van der Waals surface area contributed by atoms with Crippen LogP contribution < -0.4 is 4.73 Å². The number of ketones is 1. The lowest BCUT2D eigenvalue weighted by Crippen LogP contribution is -2.28. The second-order valence-corrected chi connectivity index (χ2v) is 5.10. The fourth-order valence-corrected chi connectivity index (χ4v) is 2.56. The molecule has 0 bridgehead atoms. The molecule has 1 aromatic heterocycles. The van der Waals surface area contributed by atoms with Gasteiger partial charge in [0.05, 0.1) is 5.39 Å². The van der Waals surface area contributed by atoms with Crippen LogP contribution in [-0.4, -0.2) is 5.78 Å². The van der Waals surface area contributed by atoms with Gasteiger partial charge in [-0.2, -0.15) is 4.73 Å². The molecular formula is C18H15NO2. The number of fused-ring (bicyclic) bond motifs is 1. The van der Waals surface area contributed by atoms with Crippen LogP contribution in [0.15, 0.2) is 60.8 Å². The first-order chi connectivity index (χ1) is 10.2. The van der Waals surface area contributed by atoms with Gasteiger partial charge in [-0.15, -0.1) is 0 Å². The summed E-state index contributed by atoms with van der Waals surface area (Å²) in [6.45, 7) is 1.96. The predicted octanol–water partition coefficient (Wildman–Crippen LogP) is 3.21. The molecule has 0 saturated heterocycles.